The Hall–Kier alpha value is -1.47. The van der Waals surface area contributed by atoms with Crippen LogP contribution in [0.25, 0.3) is 0 Å². The van der Waals surface area contributed by atoms with Crippen molar-refractivity contribution in [3.8, 4) is 0 Å². The summed E-state index contributed by atoms with van der Waals surface area (Å²) in [6.07, 6.45) is 4.02. The molecule has 0 aromatic carbocycles. The first-order valence-electron chi connectivity index (χ1n) is 6.81. The number of rotatable bonds is 9. The van der Waals surface area contributed by atoms with E-state index in [0.717, 1.165) is 0 Å². The van der Waals surface area contributed by atoms with E-state index in [0.29, 0.717) is 19.6 Å². The molecule has 0 amide bonds. The molecule has 0 atom stereocenters. The lowest BCUT2D eigenvalue weighted by Crippen LogP contribution is -2.32. The van der Waals surface area contributed by atoms with E-state index in [1.165, 1.54) is 6.92 Å². The van der Waals surface area contributed by atoms with Crippen molar-refractivity contribution >= 4 is 5.97 Å². The average Bonchev–Trinajstić information content (AvgIpc) is 2.52. The molecule has 0 aromatic heterocycles. The second-order valence-corrected chi connectivity index (χ2v) is 4.53. The number of aliphatic carboxylic acids is 1. The molecular formula is C16H30O6. The van der Waals surface area contributed by atoms with Gasteiger partial charge in [0.1, 0.15) is 0 Å². The molecule has 6 nitrogen and oxygen atoms in total. The SMILES string of the molecule is C=C(C)C(=O)O.C=CCOCC=C.CCC(CO)(CO)CO. The molecule has 0 saturated carbocycles. The quantitative estimate of drug-likeness (QED) is 0.291. The Morgan fingerprint density at radius 1 is 1.09 bits per heavy atom. The summed E-state index contributed by atoms with van der Waals surface area (Å²) in [4.78, 5) is 9.60. The van der Waals surface area contributed by atoms with Gasteiger partial charge >= 0.3 is 5.97 Å². The lowest BCUT2D eigenvalue weighted by Gasteiger charge is -2.24. The molecule has 6 heteroatoms. The monoisotopic (exact) mass is 318 g/mol. The molecule has 0 aliphatic heterocycles. The lowest BCUT2D eigenvalue weighted by molar-refractivity contribution is -0.132. The Morgan fingerprint density at radius 3 is 1.50 bits per heavy atom. The van der Waals surface area contributed by atoms with E-state index in [4.69, 9.17) is 25.2 Å². The van der Waals surface area contributed by atoms with Gasteiger partial charge in [-0.05, 0) is 13.3 Å². The van der Waals surface area contributed by atoms with Crippen LogP contribution in [0.3, 0.4) is 0 Å². The molecule has 4 N–H and O–H groups in total. The number of aliphatic hydroxyl groups is 3. The zero-order valence-corrected chi connectivity index (χ0v) is 13.6. The molecule has 0 aliphatic carbocycles. The minimum atomic E-state index is -0.935. The highest BCUT2D eigenvalue weighted by Gasteiger charge is 2.24. The van der Waals surface area contributed by atoms with Crippen LogP contribution >= 0.6 is 0 Å². The summed E-state index contributed by atoms with van der Waals surface area (Å²) >= 11 is 0. The summed E-state index contributed by atoms with van der Waals surface area (Å²) in [6.45, 7) is 14.1. The fourth-order valence-electron chi connectivity index (χ4n) is 0.720. The van der Waals surface area contributed by atoms with Gasteiger partial charge in [-0.25, -0.2) is 4.79 Å². The van der Waals surface area contributed by atoms with Crippen molar-refractivity contribution in [3.63, 3.8) is 0 Å². The van der Waals surface area contributed by atoms with Gasteiger partial charge in [-0.3, -0.25) is 0 Å². The number of aliphatic hydroxyl groups excluding tert-OH is 3. The van der Waals surface area contributed by atoms with Gasteiger partial charge in [0.05, 0.1) is 33.0 Å². The Kier molecular flexibility index (Phi) is 20.4. The molecule has 0 heterocycles. The first-order chi connectivity index (χ1) is 10.3. The minimum Gasteiger partial charge on any atom is -0.478 e. The maximum atomic E-state index is 9.60. The Bertz CT molecular complexity index is 270. The Balaban J connectivity index is -0.000000252. The fourth-order valence-corrected chi connectivity index (χ4v) is 0.720. The van der Waals surface area contributed by atoms with E-state index in [1.807, 2.05) is 6.92 Å². The molecule has 0 rings (SSSR count). The summed E-state index contributed by atoms with van der Waals surface area (Å²) in [5.41, 5.74) is -0.491. The van der Waals surface area contributed by atoms with Gasteiger partial charge < -0.3 is 25.2 Å². The van der Waals surface area contributed by atoms with Crippen LogP contribution in [0.1, 0.15) is 20.3 Å². The topological polar surface area (TPSA) is 107 Å². The molecule has 0 aliphatic rings. The van der Waals surface area contributed by atoms with Gasteiger partial charge in [0.15, 0.2) is 0 Å². The molecule has 22 heavy (non-hydrogen) atoms. The summed E-state index contributed by atoms with van der Waals surface area (Å²) in [6, 6.07) is 0. The number of hydrogen-bond acceptors (Lipinski definition) is 5. The van der Waals surface area contributed by atoms with E-state index in [2.05, 4.69) is 19.7 Å². The Morgan fingerprint density at radius 2 is 1.41 bits per heavy atom. The Labute approximate surface area is 133 Å². The van der Waals surface area contributed by atoms with E-state index in [-0.39, 0.29) is 25.4 Å². The minimum absolute atomic E-state index is 0.156. The molecule has 0 saturated heterocycles. The van der Waals surface area contributed by atoms with Gasteiger partial charge in [-0.2, -0.15) is 0 Å². The van der Waals surface area contributed by atoms with Crippen LogP contribution in [0, 0.1) is 5.41 Å². The maximum Gasteiger partial charge on any atom is 0.330 e. The van der Waals surface area contributed by atoms with Gasteiger partial charge in [0.2, 0.25) is 0 Å². The smallest absolute Gasteiger partial charge is 0.330 e. The third kappa shape index (κ3) is 16.6. The molecule has 0 bridgehead atoms. The van der Waals surface area contributed by atoms with Crippen molar-refractivity contribution in [3.05, 3.63) is 37.5 Å². The highest BCUT2D eigenvalue weighted by molar-refractivity contribution is 5.84. The van der Waals surface area contributed by atoms with Gasteiger partial charge in [0, 0.05) is 11.0 Å². The van der Waals surface area contributed by atoms with Crippen LogP contribution < -0.4 is 0 Å². The normalized spacial score (nSPS) is 9.50. The summed E-state index contributed by atoms with van der Waals surface area (Å²) < 4.78 is 4.90. The van der Waals surface area contributed by atoms with E-state index in [1.54, 1.807) is 12.2 Å². The summed E-state index contributed by atoms with van der Waals surface area (Å²) in [5, 5.41) is 33.9. The lowest BCUT2D eigenvalue weighted by atomic mass is 9.88. The first-order valence-corrected chi connectivity index (χ1v) is 6.81. The second kappa shape index (κ2) is 17.6. The van der Waals surface area contributed by atoms with Crippen LogP contribution in [-0.2, 0) is 9.53 Å². The highest BCUT2D eigenvalue weighted by Crippen LogP contribution is 2.18. The van der Waals surface area contributed by atoms with Gasteiger partial charge in [-0.15, -0.1) is 13.2 Å². The maximum absolute atomic E-state index is 9.60. The van der Waals surface area contributed by atoms with Crippen LogP contribution in [0.15, 0.2) is 37.5 Å². The van der Waals surface area contributed by atoms with Crippen molar-refractivity contribution in [2.75, 3.05) is 33.0 Å². The largest absolute Gasteiger partial charge is 0.478 e. The molecule has 0 unspecified atom stereocenters. The fraction of sp³-hybridized carbons (Fsp3) is 0.562. The van der Waals surface area contributed by atoms with Crippen LogP contribution in [0.5, 0.6) is 0 Å². The predicted molar refractivity (Wildman–Crippen MR) is 87.6 cm³/mol. The molecule has 130 valence electrons. The van der Waals surface area contributed by atoms with Gasteiger partial charge in [-0.1, -0.05) is 25.7 Å². The highest BCUT2D eigenvalue weighted by atomic mass is 16.5. The van der Waals surface area contributed by atoms with Crippen molar-refractivity contribution in [1.82, 2.24) is 0 Å². The predicted octanol–water partition coefficient (Wildman–Crippen LogP) is 1.38. The number of carboxylic acid groups (broad SMARTS) is 1. The van der Waals surface area contributed by atoms with Crippen LogP contribution in [-0.4, -0.2) is 59.4 Å². The summed E-state index contributed by atoms with van der Waals surface area (Å²) in [7, 11) is 0. The van der Waals surface area contributed by atoms with Crippen molar-refractivity contribution in [1.29, 1.82) is 0 Å². The standard InChI is InChI=1S/C6H14O3.C6H10O.C4H6O2/c1-2-6(3-7,4-8)5-9;1-3-5-7-6-4-2;1-3(2)4(5)6/h7-9H,2-5H2,1H3;3-4H,1-2,5-6H2;1H2,2H3,(H,5,6). The summed E-state index contributed by atoms with van der Waals surface area (Å²) in [5.74, 6) is -0.935. The van der Waals surface area contributed by atoms with Crippen molar-refractivity contribution < 1.29 is 30.0 Å². The van der Waals surface area contributed by atoms with Crippen molar-refractivity contribution in [2.24, 2.45) is 5.41 Å². The van der Waals surface area contributed by atoms with Crippen LogP contribution in [0.4, 0.5) is 0 Å². The number of ether oxygens (including phenoxy) is 1. The molecule has 0 aromatic rings. The molecule has 0 radical (unpaired) electrons. The number of hydrogen-bond donors (Lipinski definition) is 4. The van der Waals surface area contributed by atoms with Gasteiger partial charge in [0.25, 0.3) is 0 Å². The first kappa shape index (κ1) is 25.5. The third-order valence-electron chi connectivity index (χ3n) is 2.59. The third-order valence-corrected chi connectivity index (χ3v) is 2.59. The number of carbonyl (C=O) groups is 1. The van der Waals surface area contributed by atoms with E-state index in [9.17, 15) is 4.79 Å². The van der Waals surface area contributed by atoms with Crippen molar-refractivity contribution in [2.45, 2.75) is 20.3 Å². The molecule has 0 spiro atoms. The zero-order valence-electron chi connectivity index (χ0n) is 13.6. The molecule has 0 fully saturated rings. The van der Waals surface area contributed by atoms with E-state index < -0.39 is 11.4 Å². The zero-order chi connectivity index (χ0) is 18.0. The second-order valence-electron chi connectivity index (χ2n) is 4.53. The number of carboxylic acids is 1. The van der Waals surface area contributed by atoms with E-state index >= 15 is 0 Å². The van der Waals surface area contributed by atoms with Crippen LogP contribution in [0.2, 0.25) is 0 Å². The average molecular weight is 318 g/mol. The molecular weight excluding hydrogens is 288 g/mol.